The van der Waals surface area contributed by atoms with E-state index in [2.05, 4.69) is 0 Å². The summed E-state index contributed by atoms with van der Waals surface area (Å²) in [6, 6.07) is 3.49. The van der Waals surface area contributed by atoms with Gasteiger partial charge in [0.1, 0.15) is 11.1 Å². The average Bonchev–Trinajstić information content (AvgIpc) is 2.37. The molecule has 0 radical (unpaired) electrons. The van der Waals surface area contributed by atoms with Crippen molar-refractivity contribution < 1.29 is 17.2 Å². The molecule has 0 spiro atoms. The molecule has 108 valence electrons. The predicted octanol–water partition coefficient (Wildman–Crippen LogP) is 1.76. The number of hydrogen-bond acceptors (Lipinski definition) is 5. The second-order valence-corrected chi connectivity index (χ2v) is 7.81. The molecule has 1 aromatic rings. The molecular formula is C12H12F2N2O2S2. The molecule has 1 fully saturated rings. The zero-order valence-electron chi connectivity index (χ0n) is 10.6. The molecule has 0 bridgehead atoms. The van der Waals surface area contributed by atoms with Gasteiger partial charge in [0.15, 0.2) is 21.5 Å². The molecule has 8 heteroatoms. The number of nitrogens with zero attached hydrogens (tertiary/aromatic N) is 2. The number of thioether (sulfide) groups is 1. The van der Waals surface area contributed by atoms with E-state index < -0.39 is 26.8 Å². The van der Waals surface area contributed by atoms with Crippen molar-refractivity contribution in [2.45, 2.75) is 5.37 Å². The first-order chi connectivity index (χ1) is 9.34. The van der Waals surface area contributed by atoms with Gasteiger partial charge in [-0.2, -0.15) is 17.0 Å². The summed E-state index contributed by atoms with van der Waals surface area (Å²) in [6.07, 6.45) is 1.05. The third kappa shape index (κ3) is 2.88. The van der Waals surface area contributed by atoms with Crippen LogP contribution in [0.1, 0.15) is 5.56 Å². The van der Waals surface area contributed by atoms with Crippen molar-refractivity contribution in [3.8, 4) is 6.07 Å². The summed E-state index contributed by atoms with van der Waals surface area (Å²) in [4.78, 5) is 1.23. The lowest BCUT2D eigenvalue weighted by Gasteiger charge is -2.36. The Morgan fingerprint density at radius 1 is 1.40 bits per heavy atom. The van der Waals surface area contributed by atoms with Crippen LogP contribution in [0.2, 0.25) is 0 Å². The maximum atomic E-state index is 14.0. The molecular weight excluding hydrogens is 306 g/mol. The van der Waals surface area contributed by atoms with Crippen molar-refractivity contribution in [3.63, 3.8) is 0 Å². The molecule has 0 saturated carbocycles. The maximum Gasteiger partial charge on any atom is 0.169 e. The Bertz CT molecular complexity index is 648. The maximum absolute atomic E-state index is 14.0. The summed E-state index contributed by atoms with van der Waals surface area (Å²) in [7, 11) is -3.47. The Balaban J connectivity index is 2.52. The molecule has 1 aliphatic heterocycles. The lowest BCUT2D eigenvalue weighted by molar-refractivity contribution is 0.557. The summed E-state index contributed by atoms with van der Waals surface area (Å²) in [5.41, 5.74) is -0.509. The van der Waals surface area contributed by atoms with Gasteiger partial charge in [0.05, 0.1) is 11.6 Å². The van der Waals surface area contributed by atoms with E-state index in [4.69, 9.17) is 5.26 Å². The first-order valence-corrected chi connectivity index (χ1v) is 8.88. The van der Waals surface area contributed by atoms with Gasteiger partial charge in [0.2, 0.25) is 0 Å². The van der Waals surface area contributed by atoms with Crippen molar-refractivity contribution in [2.75, 3.05) is 29.2 Å². The standard InChI is InChI=1S/C12H12F2N2O2S2/c1-20(17,18)11-7-19-3-2-16(11)12-9(13)4-8(6-15)5-10(12)14/h4-5,11H,2-3,7H2,1H3. The number of sulfone groups is 1. The SMILES string of the molecule is CS(=O)(=O)C1CSCCN1c1c(F)cc(C#N)cc1F. The predicted molar refractivity (Wildman–Crippen MR) is 74.4 cm³/mol. The lowest BCUT2D eigenvalue weighted by Crippen LogP contribution is -2.47. The highest BCUT2D eigenvalue weighted by Crippen LogP contribution is 2.31. The van der Waals surface area contributed by atoms with E-state index in [0.29, 0.717) is 5.75 Å². The van der Waals surface area contributed by atoms with E-state index in [0.717, 1.165) is 18.4 Å². The van der Waals surface area contributed by atoms with Crippen molar-refractivity contribution in [1.29, 1.82) is 5.26 Å². The summed E-state index contributed by atoms with van der Waals surface area (Å²) >= 11 is 1.43. The van der Waals surface area contributed by atoms with Crippen molar-refractivity contribution in [3.05, 3.63) is 29.3 Å². The topological polar surface area (TPSA) is 61.2 Å². The Kier molecular flexibility index (Phi) is 4.20. The summed E-state index contributed by atoms with van der Waals surface area (Å²) in [5, 5.41) is 7.71. The second-order valence-electron chi connectivity index (χ2n) is 4.45. The zero-order valence-corrected chi connectivity index (χ0v) is 12.3. The largest absolute Gasteiger partial charge is 0.349 e. The van der Waals surface area contributed by atoms with Crippen molar-refractivity contribution in [2.24, 2.45) is 0 Å². The minimum absolute atomic E-state index is 0.133. The third-order valence-electron chi connectivity index (χ3n) is 3.01. The van der Waals surface area contributed by atoms with Gasteiger partial charge in [-0.05, 0) is 12.1 Å². The second kappa shape index (κ2) is 5.58. The van der Waals surface area contributed by atoms with Crippen LogP contribution in [0.15, 0.2) is 12.1 Å². The summed E-state index contributed by atoms with van der Waals surface area (Å²) < 4.78 is 51.5. The van der Waals surface area contributed by atoms with Crippen LogP contribution in [0.25, 0.3) is 0 Å². The Morgan fingerprint density at radius 2 is 2.00 bits per heavy atom. The molecule has 20 heavy (non-hydrogen) atoms. The van der Waals surface area contributed by atoms with Gasteiger partial charge in [-0.1, -0.05) is 0 Å². The van der Waals surface area contributed by atoms with Gasteiger partial charge < -0.3 is 4.90 Å². The van der Waals surface area contributed by atoms with Gasteiger partial charge in [0.25, 0.3) is 0 Å². The van der Waals surface area contributed by atoms with E-state index in [9.17, 15) is 17.2 Å². The van der Waals surface area contributed by atoms with E-state index in [-0.39, 0.29) is 23.5 Å². The Morgan fingerprint density at radius 3 is 2.50 bits per heavy atom. The number of halogens is 2. The zero-order chi connectivity index (χ0) is 14.9. The monoisotopic (exact) mass is 318 g/mol. The van der Waals surface area contributed by atoms with E-state index >= 15 is 0 Å². The molecule has 0 aliphatic carbocycles. The molecule has 0 amide bonds. The molecule has 4 nitrogen and oxygen atoms in total. The minimum atomic E-state index is -3.47. The fraction of sp³-hybridized carbons (Fsp3) is 0.417. The van der Waals surface area contributed by atoms with E-state index in [1.807, 2.05) is 0 Å². The highest BCUT2D eigenvalue weighted by atomic mass is 32.2. The van der Waals surface area contributed by atoms with E-state index in [1.54, 1.807) is 6.07 Å². The quantitative estimate of drug-likeness (QED) is 0.831. The van der Waals surface area contributed by atoms with Crippen LogP contribution in [0.5, 0.6) is 0 Å². The molecule has 1 atom stereocenters. The molecule has 0 N–H and O–H groups in total. The number of rotatable bonds is 2. The number of benzene rings is 1. The van der Waals surface area contributed by atoms with Gasteiger partial charge in [-0.3, -0.25) is 0 Å². The van der Waals surface area contributed by atoms with Gasteiger partial charge in [0, 0.05) is 24.3 Å². The molecule has 1 heterocycles. The summed E-state index contributed by atoms with van der Waals surface area (Å²) in [5.74, 6) is -0.980. The molecule has 1 aromatic carbocycles. The lowest BCUT2D eigenvalue weighted by atomic mass is 10.2. The van der Waals surface area contributed by atoms with Crippen molar-refractivity contribution >= 4 is 27.3 Å². The minimum Gasteiger partial charge on any atom is -0.349 e. The molecule has 1 unspecified atom stereocenters. The first kappa shape index (κ1) is 15.1. The Labute approximate surface area is 120 Å². The average molecular weight is 318 g/mol. The van der Waals surface area contributed by atoms with Crippen LogP contribution < -0.4 is 4.90 Å². The highest BCUT2D eigenvalue weighted by Gasteiger charge is 2.34. The molecule has 0 aromatic heterocycles. The van der Waals surface area contributed by atoms with Gasteiger partial charge >= 0.3 is 0 Å². The highest BCUT2D eigenvalue weighted by molar-refractivity contribution is 8.01. The van der Waals surface area contributed by atoms with Crippen LogP contribution in [-0.4, -0.2) is 38.1 Å². The number of nitriles is 1. The molecule has 1 aliphatic rings. The van der Waals surface area contributed by atoms with Crippen LogP contribution in [0.4, 0.5) is 14.5 Å². The van der Waals surface area contributed by atoms with Crippen LogP contribution in [-0.2, 0) is 9.84 Å². The summed E-state index contributed by atoms with van der Waals surface area (Å²) in [6.45, 7) is 0.238. The smallest absolute Gasteiger partial charge is 0.169 e. The van der Waals surface area contributed by atoms with Crippen LogP contribution in [0.3, 0.4) is 0 Å². The normalized spacial score (nSPS) is 19.7. The van der Waals surface area contributed by atoms with Gasteiger partial charge in [-0.15, -0.1) is 0 Å². The third-order valence-corrected chi connectivity index (χ3v) is 5.66. The Hall–Kier alpha value is -1.33. The van der Waals surface area contributed by atoms with Crippen molar-refractivity contribution in [1.82, 2.24) is 0 Å². The molecule has 2 rings (SSSR count). The fourth-order valence-corrected chi connectivity index (χ4v) is 4.92. The molecule has 1 saturated heterocycles. The van der Waals surface area contributed by atoms with Crippen LogP contribution >= 0.6 is 11.8 Å². The van der Waals surface area contributed by atoms with Crippen LogP contribution in [0, 0.1) is 23.0 Å². The van der Waals surface area contributed by atoms with Gasteiger partial charge in [-0.25, -0.2) is 17.2 Å². The number of hydrogen-bond donors (Lipinski definition) is 0. The first-order valence-electron chi connectivity index (χ1n) is 5.77. The van der Waals surface area contributed by atoms with E-state index in [1.165, 1.54) is 16.7 Å². The number of anilines is 1. The fourth-order valence-electron chi connectivity index (χ4n) is 2.10.